The van der Waals surface area contributed by atoms with Crippen LogP contribution < -0.4 is 10.5 Å². The highest BCUT2D eigenvalue weighted by Gasteiger charge is 2.10. The highest BCUT2D eigenvalue weighted by Crippen LogP contribution is 2.35. The number of nitrogens with zero attached hydrogens (tertiary/aromatic N) is 1. The number of pyridine rings is 1. The molecule has 0 aliphatic heterocycles. The maximum absolute atomic E-state index is 9.36. The Morgan fingerprint density at radius 3 is 2.65 bits per heavy atom. The van der Waals surface area contributed by atoms with Gasteiger partial charge in [-0.1, -0.05) is 30.3 Å². The van der Waals surface area contributed by atoms with Crippen molar-refractivity contribution in [3.8, 4) is 11.5 Å². The second kappa shape index (κ2) is 5.19. The lowest BCUT2D eigenvalue weighted by molar-refractivity contribution is 0.276. The zero-order valence-electron chi connectivity index (χ0n) is 10.8. The molecule has 0 unspecified atom stereocenters. The normalized spacial score (nSPS) is 10.7. The Bertz CT molecular complexity index is 756. The minimum absolute atomic E-state index is 0.0842. The topological polar surface area (TPSA) is 68.4 Å². The molecule has 0 fully saturated rings. The summed E-state index contributed by atoms with van der Waals surface area (Å²) >= 11 is 0. The number of nitrogen functional groups attached to an aromatic ring is 1. The van der Waals surface area contributed by atoms with Crippen molar-refractivity contribution in [3.63, 3.8) is 0 Å². The minimum atomic E-state index is -0.0842. The van der Waals surface area contributed by atoms with Gasteiger partial charge in [-0.15, -0.1) is 0 Å². The van der Waals surface area contributed by atoms with Gasteiger partial charge in [-0.25, -0.2) is 0 Å². The molecular formula is C16H14N2O2. The molecule has 0 amide bonds. The zero-order chi connectivity index (χ0) is 13.9. The Labute approximate surface area is 116 Å². The van der Waals surface area contributed by atoms with Crippen LogP contribution in [0.4, 0.5) is 5.69 Å². The van der Waals surface area contributed by atoms with Gasteiger partial charge in [0.2, 0.25) is 0 Å². The van der Waals surface area contributed by atoms with Gasteiger partial charge in [0.25, 0.3) is 0 Å². The van der Waals surface area contributed by atoms with Crippen LogP contribution in [-0.2, 0) is 6.61 Å². The monoisotopic (exact) mass is 266 g/mol. The number of benzene rings is 2. The van der Waals surface area contributed by atoms with Crippen LogP contribution in [0.1, 0.15) is 5.56 Å². The number of para-hydroxylation sites is 2. The van der Waals surface area contributed by atoms with Gasteiger partial charge >= 0.3 is 0 Å². The summed E-state index contributed by atoms with van der Waals surface area (Å²) in [5.41, 5.74) is 7.98. The molecule has 1 aromatic heterocycles. The van der Waals surface area contributed by atoms with Gasteiger partial charge in [-0.05, 0) is 18.2 Å². The van der Waals surface area contributed by atoms with Crippen molar-refractivity contribution in [2.75, 3.05) is 5.73 Å². The van der Waals surface area contributed by atoms with E-state index in [0.29, 0.717) is 22.7 Å². The first kappa shape index (κ1) is 12.4. The molecule has 0 bridgehead atoms. The summed E-state index contributed by atoms with van der Waals surface area (Å²) in [6.45, 7) is -0.0842. The molecule has 1 heterocycles. The molecule has 0 atom stereocenters. The average Bonchev–Trinajstić information content (AvgIpc) is 2.50. The number of aromatic nitrogens is 1. The van der Waals surface area contributed by atoms with E-state index in [9.17, 15) is 5.11 Å². The molecule has 0 saturated carbocycles. The molecule has 0 radical (unpaired) electrons. The lowest BCUT2D eigenvalue weighted by Crippen LogP contribution is -1.97. The third-order valence-corrected chi connectivity index (χ3v) is 3.11. The number of ether oxygens (including phenoxy) is 1. The Balaban J connectivity index is 2.13. The van der Waals surface area contributed by atoms with Crippen LogP contribution in [0.25, 0.3) is 10.9 Å². The maximum atomic E-state index is 9.36. The summed E-state index contributed by atoms with van der Waals surface area (Å²) < 4.78 is 5.92. The third-order valence-electron chi connectivity index (χ3n) is 3.11. The lowest BCUT2D eigenvalue weighted by Gasteiger charge is -2.13. The minimum Gasteiger partial charge on any atom is -0.454 e. The van der Waals surface area contributed by atoms with Crippen LogP contribution in [-0.4, -0.2) is 10.1 Å². The van der Waals surface area contributed by atoms with Gasteiger partial charge in [0.05, 0.1) is 24.0 Å². The number of hydrogen-bond donors (Lipinski definition) is 2. The molecule has 3 rings (SSSR count). The molecule has 0 aliphatic rings. The molecule has 3 aromatic rings. The largest absolute Gasteiger partial charge is 0.454 e. The molecule has 0 aliphatic carbocycles. The Kier molecular flexibility index (Phi) is 3.23. The number of aliphatic hydroxyl groups excluding tert-OH is 1. The number of aliphatic hydroxyl groups is 1. The number of nitrogens with two attached hydrogens (primary N) is 1. The Hall–Kier alpha value is -2.59. The van der Waals surface area contributed by atoms with E-state index in [4.69, 9.17) is 10.5 Å². The Morgan fingerprint density at radius 1 is 1.05 bits per heavy atom. The first-order valence-corrected chi connectivity index (χ1v) is 6.29. The molecule has 2 aromatic carbocycles. The van der Waals surface area contributed by atoms with Crippen molar-refractivity contribution >= 4 is 16.6 Å². The number of hydrogen-bond acceptors (Lipinski definition) is 4. The van der Waals surface area contributed by atoms with E-state index in [1.165, 1.54) is 0 Å². The molecule has 100 valence electrons. The summed E-state index contributed by atoms with van der Waals surface area (Å²) in [4.78, 5) is 4.27. The smallest absolute Gasteiger partial charge is 0.161 e. The predicted octanol–water partition coefficient (Wildman–Crippen LogP) is 3.10. The highest BCUT2D eigenvalue weighted by atomic mass is 16.5. The molecule has 20 heavy (non-hydrogen) atoms. The van der Waals surface area contributed by atoms with Crippen LogP contribution >= 0.6 is 0 Å². The average molecular weight is 266 g/mol. The fourth-order valence-electron chi connectivity index (χ4n) is 2.09. The van der Waals surface area contributed by atoms with Gasteiger partial charge in [0.15, 0.2) is 5.75 Å². The van der Waals surface area contributed by atoms with Crippen LogP contribution in [0, 0.1) is 0 Å². The molecule has 3 N–H and O–H groups in total. The second-order valence-corrected chi connectivity index (χ2v) is 4.43. The van der Waals surface area contributed by atoms with Crippen molar-refractivity contribution in [2.24, 2.45) is 0 Å². The molecular weight excluding hydrogens is 252 g/mol. The van der Waals surface area contributed by atoms with Gasteiger partial charge in [-0.2, -0.15) is 0 Å². The summed E-state index contributed by atoms with van der Waals surface area (Å²) in [6, 6.07) is 15.0. The maximum Gasteiger partial charge on any atom is 0.161 e. The first-order chi connectivity index (χ1) is 9.79. The van der Waals surface area contributed by atoms with Crippen LogP contribution in [0.3, 0.4) is 0 Å². The van der Waals surface area contributed by atoms with Crippen molar-refractivity contribution in [2.45, 2.75) is 6.61 Å². The quantitative estimate of drug-likeness (QED) is 0.764. The molecule has 0 saturated heterocycles. The fraction of sp³-hybridized carbons (Fsp3) is 0.0625. The molecule has 4 heteroatoms. The third kappa shape index (κ3) is 2.17. The van der Waals surface area contributed by atoms with Crippen molar-refractivity contribution in [3.05, 3.63) is 60.3 Å². The molecule has 0 spiro atoms. The van der Waals surface area contributed by atoms with E-state index in [0.717, 1.165) is 10.9 Å². The summed E-state index contributed by atoms with van der Waals surface area (Å²) in [5.74, 6) is 1.16. The predicted molar refractivity (Wildman–Crippen MR) is 78.6 cm³/mol. The van der Waals surface area contributed by atoms with E-state index in [1.807, 2.05) is 42.5 Å². The van der Waals surface area contributed by atoms with Crippen molar-refractivity contribution in [1.29, 1.82) is 0 Å². The summed E-state index contributed by atoms with van der Waals surface area (Å²) in [6.07, 6.45) is 1.58. The molecule has 4 nitrogen and oxygen atoms in total. The lowest BCUT2D eigenvalue weighted by atomic mass is 10.1. The van der Waals surface area contributed by atoms with Crippen molar-refractivity contribution in [1.82, 2.24) is 4.98 Å². The standard InChI is InChI=1S/C16H14N2O2/c17-13-9-18-14-7-3-2-6-12(14)16(13)20-15-8-4-1-5-11(15)10-19/h1-9,19H,10,17H2. The van der Waals surface area contributed by atoms with Gasteiger partial charge in [-0.3, -0.25) is 4.98 Å². The first-order valence-electron chi connectivity index (χ1n) is 6.29. The van der Waals surface area contributed by atoms with Gasteiger partial charge < -0.3 is 15.6 Å². The van der Waals surface area contributed by atoms with E-state index in [-0.39, 0.29) is 6.61 Å². The zero-order valence-corrected chi connectivity index (χ0v) is 10.8. The Morgan fingerprint density at radius 2 is 1.80 bits per heavy atom. The summed E-state index contributed by atoms with van der Waals surface area (Å²) in [5, 5.41) is 10.2. The van der Waals surface area contributed by atoms with E-state index >= 15 is 0 Å². The van der Waals surface area contributed by atoms with Crippen LogP contribution in [0.5, 0.6) is 11.5 Å². The van der Waals surface area contributed by atoms with E-state index in [2.05, 4.69) is 4.98 Å². The van der Waals surface area contributed by atoms with E-state index < -0.39 is 0 Å². The highest BCUT2D eigenvalue weighted by molar-refractivity contribution is 5.89. The number of anilines is 1. The van der Waals surface area contributed by atoms with Gasteiger partial charge in [0, 0.05) is 10.9 Å². The fourth-order valence-corrected chi connectivity index (χ4v) is 2.09. The van der Waals surface area contributed by atoms with Gasteiger partial charge in [0.1, 0.15) is 5.75 Å². The van der Waals surface area contributed by atoms with Crippen LogP contribution in [0.2, 0.25) is 0 Å². The SMILES string of the molecule is Nc1cnc2ccccc2c1Oc1ccccc1CO. The van der Waals surface area contributed by atoms with E-state index in [1.54, 1.807) is 12.3 Å². The number of fused-ring (bicyclic) bond motifs is 1. The number of rotatable bonds is 3. The van der Waals surface area contributed by atoms with Crippen LogP contribution in [0.15, 0.2) is 54.7 Å². The van der Waals surface area contributed by atoms with Crippen molar-refractivity contribution < 1.29 is 9.84 Å². The summed E-state index contributed by atoms with van der Waals surface area (Å²) in [7, 11) is 0. The second-order valence-electron chi connectivity index (χ2n) is 4.43.